The number of aliphatic carboxylic acids is 1. The van der Waals surface area contributed by atoms with Gasteiger partial charge in [0.05, 0.1) is 19.8 Å². The fraction of sp³-hybridized carbons (Fsp3) is 0.897. The number of hydrogen-bond donors (Lipinski definition) is 1. The summed E-state index contributed by atoms with van der Waals surface area (Å²) in [5.41, 5.74) is -1.44. The summed E-state index contributed by atoms with van der Waals surface area (Å²) in [6.45, 7) is 7.54. The van der Waals surface area contributed by atoms with E-state index in [1.54, 1.807) is 0 Å². The molecule has 0 aliphatic rings. The summed E-state index contributed by atoms with van der Waals surface area (Å²) in [6.07, 6.45) is 25.4. The molecule has 0 aromatic rings. The van der Waals surface area contributed by atoms with Gasteiger partial charge < -0.3 is 19.3 Å². The van der Waals surface area contributed by atoms with Crippen LogP contribution in [0.3, 0.4) is 0 Å². The van der Waals surface area contributed by atoms with E-state index in [0.29, 0.717) is 51.7 Å². The van der Waals surface area contributed by atoms with Crippen molar-refractivity contribution in [3.05, 3.63) is 0 Å². The lowest BCUT2D eigenvalue weighted by atomic mass is 9.77. The first kappa shape index (κ1) is 44.9. The topological polar surface area (TPSA) is 116 Å². The van der Waals surface area contributed by atoms with Crippen molar-refractivity contribution in [2.45, 2.75) is 201 Å². The second-order valence-electron chi connectivity index (χ2n) is 13.4. The number of esters is 3. The number of carbonyl (C=O) groups excluding carboxylic acids is 3. The van der Waals surface area contributed by atoms with Gasteiger partial charge in [-0.2, -0.15) is 0 Å². The van der Waals surface area contributed by atoms with E-state index in [1.807, 2.05) is 6.92 Å². The van der Waals surface area contributed by atoms with Gasteiger partial charge >= 0.3 is 23.9 Å². The molecule has 0 unspecified atom stereocenters. The van der Waals surface area contributed by atoms with Crippen LogP contribution >= 0.6 is 0 Å². The van der Waals surface area contributed by atoms with Gasteiger partial charge in [-0.1, -0.05) is 143 Å². The average molecular weight is 669 g/mol. The van der Waals surface area contributed by atoms with Gasteiger partial charge in [-0.05, 0) is 44.9 Å². The summed E-state index contributed by atoms with van der Waals surface area (Å²) in [6, 6.07) is 0. The Morgan fingerprint density at radius 3 is 1.04 bits per heavy atom. The number of unbranched alkanes of at least 4 members (excludes halogenated alkanes) is 19. The van der Waals surface area contributed by atoms with Crippen LogP contribution < -0.4 is 0 Å². The van der Waals surface area contributed by atoms with Crippen molar-refractivity contribution in [3.63, 3.8) is 0 Å². The van der Waals surface area contributed by atoms with E-state index in [1.165, 1.54) is 0 Å². The lowest BCUT2D eigenvalue weighted by molar-refractivity contribution is -0.170. The monoisotopic (exact) mass is 669 g/mol. The Morgan fingerprint density at radius 2 is 0.723 bits per heavy atom. The van der Waals surface area contributed by atoms with Gasteiger partial charge in [-0.15, -0.1) is 0 Å². The number of carboxylic acids is 1. The number of ether oxygens (including phenoxy) is 3. The van der Waals surface area contributed by atoms with E-state index in [0.717, 1.165) is 141 Å². The third-order valence-corrected chi connectivity index (χ3v) is 9.02. The predicted octanol–water partition coefficient (Wildman–Crippen LogP) is 10.7. The molecule has 1 N–H and O–H groups in total. The molecular weight excluding hydrogens is 596 g/mol. The fourth-order valence-electron chi connectivity index (χ4n) is 5.75. The van der Waals surface area contributed by atoms with Crippen LogP contribution in [0.4, 0.5) is 0 Å². The molecule has 8 heteroatoms. The summed E-state index contributed by atoms with van der Waals surface area (Å²) in [7, 11) is 0. The molecule has 0 aromatic carbocycles. The van der Waals surface area contributed by atoms with Gasteiger partial charge in [-0.25, -0.2) is 0 Å². The lowest BCUT2D eigenvalue weighted by Gasteiger charge is -2.27. The lowest BCUT2D eigenvalue weighted by Crippen LogP contribution is -2.41. The van der Waals surface area contributed by atoms with E-state index in [-0.39, 0.29) is 18.5 Å². The molecule has 0 fully saturated rings. The predicted molar refractivity (Wildman–Crippen MR) is 189 cm³/mol. The van der Waals surface area contributed by atoms with Gasteiger partial charge in [0, 0.05) is 12.8 Å². The highest BCUT2D eigenvalue weighted by Crippen LogP contribution is 2.34. The van der Waals surface area contributed by atoms with E-state index >= 15 is 0 Å². The highest BCUT2D eigenvalue weighted by atomic mass is 16.5. The number of hydrogen-bond acceptors (Lipinski definition) is 7. The first-order valence-electron chi connectivity index (χ1n) is 19.6. The zero-order chi connectivity index (χ0) is 34.9. The first-order chi connectivity index (χ1) is 22.8. The molecule has 0 aliphatic heterocycles. The van der Waals surface area contributed by atoms with Crippen LogP contribution in [0.15, 0.2) is 0 Å². The van der Waals surface area contributed by atoms with Crippen molar-refractivity contribution >= 4 is 23.9 Å². The van der Waals surface area contributed by atoms with Crippen LogP contribution in [-0.2, 0) is 33.4 Å². The Kier molecular flexibility index (Phi) is 31.0. The second-order valence-corrected chi connectivity index (χ2v) is 13.4. The Bertz CT molecular complexity index is 737. The molecule has 0 bridgehead atoms. The minimum absolute atomic E-state index is 0.0808. The summed E-state index contributed by atoms with van der Waals surface area (Å²) in [5.74, 6) is -1.75. The van der Waals surface area contributed by atoms with Crippen LogP contribution in [0.1, 0.15) is 201 Å². The van der Waals surface area contributed by atoms with Crippen molar-refractivity contribution in [2.75, 3.05) is 19.8 Å². The second kappa shape index (κ2) is 32.4. The van der Waals surface area contributed by atoms with Crippen molar-refractivity contribution in [1.29, 1.82) is 0 Å². The van der Waals surface area contributed by atoms with E-state index in [2.05, 4.69) is 13.8 Å². The molecule has 0 spiro atoms. The van der Waals surface area contributed by atoms with E-state index in [9.17, 15) is 24.3 Å². The molecule has 276 valence electrons. The molecule has 8 nitrogen and oxygen atoms in total. The van der Waals surface area contributed by atoms with Crippen molar-refractivity contribution < 1.29 is 38.5 Å². The third kappa shape index (κ3) is 25.6. The Balaban J connectivity index is 4.28. The van der Waals surface area contributed by atoms with Crippen LogP contribution in [0, 0.1) is 5.41 Å². The molecule has 0 saturated carbocycles. The van der Waals surface area contributed by atoms with Crippen molar-refractivity contribution in [2.24, 2.45) is 5.41 Å². The van der Waals surface area contributed by atoms with Crippen LogP contribution in [0.25, 0.3) is 0 Å². The highest BCUT2D eigenvalue weighted by Gasteiger charge is 2.46. The smallest absolute Gasteiger partial charge is 0.323 e. The van der Waals surface area contributed by atoms with Gasteiger partial charge in [0.25, 0.3) is 0 Å². The summed E-state index contributed by atoms with van der Waals surface area (Å²) < 4.78 is 15.9. The van der Waals surface area contributed by atoms with Gasteiger partial charge in [0.2, 0.25) is 0 Å². The Labute approximate surface area is 287 Å². The first-order valence-corrected chi connectivity index (χ1v) is 19.6. The molecule has 0 radical (unpaired) electrons. The third-order valence-electron chi connectivity index (χ3n) is 9.02. The van der Waals surface area contributed by atoms with Gasteiger partial charge in [-0.3, -0.25) is 19.2 Å². The largest absolute Gasteiger partial charge is 0.480 e. The van der Waals surface area contributed by atoms with Gasteiger partial charge in [0.15, 0.2) is 5.41 Å². The molecule has 0 heterocycles. The molecule has 0 atom stereocenters. The molecular formula is C39H72O8. The minimum atomic E-state index is -1.44. The number of carbonyl (C=O) groups is 4. The maximum atomic E-state index is 13.1. The molecule has 47 heavy (non-hydrogen) atoms. The average Bonchev–Trinajstić information content (AvgIpc) is 3.05. The van der Waals surface area contributed by atoms with Crippen molar-refractivity contribution in [1.82, 2.24) is 0 Å². The van der Waals surface area contributed by atoms with Crippen LogP contribution in [0.5, 0.6) is 0 Å². The SMILES string of the molecule is CCCCOC(=O)CCCCCCCCCCCC(CCCCCCCCCCCC(=O)OCCCC)(C(=O)O)C(=O)OCCCC. The van der Waals surface area contributed by atoms with Gasteiger partial charge in [0.1, 0.15) is 0 Å². The van der Waals surface area contributed by atoms with Crippen molar-refractivity contribution in [3.8, 4) is 0 Å². The summed E-state index contributed by atoms with van der Waals surface area (Å²) in [4.78, 5) is 49.0. The quantitative estimate of drug-likeness (QED) is 0.0307. The Morgan fingerprint density at radius 1 is 0.426 bits per heavy atom. The van der Waals surface area contributed by atoms with Crippen LogP contribution in [-0.4, -0.2) is 48.8 Å². The molecule has 0 rings (SSSR count). The molecule has 0 saturated heterocycles. The standard InChI is InChI=1S/C39H72O8/c1-4-7-32-45-35(40)28-24-20-16-12-10-14-18-22-26-30-39(37(42)43,38(44)47-34-9-6-3)31-27-23-19-15-11-13-17-21-25-29-36(41)46-33-8-5-2/h4-34H2,1-3H3,(H,42,43). The zero-order valence-corrected chi connectivity index (χ0v) is 30.7. The molecule has 0 amide bonds. The zero-order valence-electron chi connectivity index (χ0n) is 30.7. The van der Waals surface area contributed by atoms with Crippen LogP contribution in [0.2, 0.25) is 0 Å². The minimum Gasteiger partial charge on any atom is -0.480 e. The highest BCUT2D eigenvalue weighted by molar-refractivity contribution is 5.99. The Hall–Kier alpha value is -2.12. The van der Waals surface area contributed by atoms with E-state index in [4.69, 9.17) is 14.2 Å². The fourth-order valence-corrected chi connectivity index (χ4v) is 5.75. The maximum absolute atomic E-state index is 13.1. The normalized spacial score (nSPS) is 11.4. The van der Waals surface area contributed by atoms with E-state index < -0.39 is 17.4 Å². The summed E-state index contributed by atoms with van der Waals surface area (Å²) in [5, 5.41) is 10.3. The maximum Gasteiger partial charge on any atom is 0.323 e. The number of carboxylic acid groups (broad SMARTS) is 1. The molecule has 0 aromatic heterocycles. The summed E-state index contributed by atoms with van der Waals surface area (Å²) >= 11 is 0. The molecule has 0 aliphatic carbocycles. The number of rotatable bonds is 35.